The van der Waals surface area contributed by atoms with Crippen LogP contribution >= 0.6 is 11.6 Å². The molecular weight excluding hydrogens is 174 g/mol. The summed E-state index contributed by atoms with van der Waals surface area (Å²) in [4.78, 5) is 0. The first-order valence-corrected chi connectivity index (χ1v) is 4.44. The van der Waals surface area contributed by atoms with Gasteiger partial charge < -0.3 is 5.32 Å². The van der Waals surface area contributed by atoms with E-state index in [4.69, 9.17) is 11.6 Å². The number of nitrogens with one attached hydrogen (secondary N) is 1. The van der Waals surface area contributed by atoms with Crippen molar-refractivity contribution in [2.24, 2.45) is 0 Å². The summed E-state index contributed by atoms with van der Waals surface area (Å²) in [6.45, 7) is 5.62. The largest absolute Gasteiger partial charge is 0.314 e. The molecule has 3 nitrogen and oxygen atoms in total. The van der Waals surface area contributed by atoms with Gasteiger partial charge in [-0.15, -0.1) is 0 Å². The molecule has 4 heteroatoms. The van der Waals surface area contributed by atoms with Gasteiger partial charge in [-0.1, -0.05) is 11.6 Å². The lowest BCUT2D eigenvalue weighted by atomic mass is 10.3. The van der Waals surface area contributed by atoms with Crippen LogP contribution in [0.2, 0.25) is 5.02 Å². The van der Waals surface area contributed by atoms with E-state index in [1.54, 1.807) is 0 Å². The highest BCUT2D eigenvalue weighted by atomic mass is 35.5. The van der Waals surface area contributed by atoms with Gasteiger partial charge in [-0.05, 0) is 20.9 Å². The molecule has 1 N–H and O–H groups in total. The van der Waals surface area contributed by atoms with Crippen molar-refractivity contribution < 1.29 is 0 Å². The van der Waals surface area contributed by atoms with E-state index in [1.165, 1.54) is 0 Å². The van der Waals surface area contributed by atoms with E-state index in [9.17, 15) is 0 Å². The lowest BCUT2D eigenvalue weighted by Crippen LogP contribution is -2.11. The van der Waals surface area contributed by atoms with Crippen LogP contribution in [0, 0.1) is 6.92 Å². The van der Waals surface area contributed by atoms with Crippen LogP contribution in [0.1, 0.15) is 18.3 Å². The molecule has 0 aromatic carbocycles. The smallest absolute Gasteiger partial charge is 0.0860 e. The third kappa shape index (κ3) is 1.62. The van der Waals surface area contributed by atoms with E-state index < -0.39 is 0 Å². The Bertz CT molecular complexity index is 268. The average Bonchev–Trinajstić information content (AvgIpc) is 2.33. The maximum absolute atomic E-state index is 6.05. The Labute approximate surface area is 77.7 Å². The van der Waals surface area contributed by atoms with E-state index >= 15 is 0 Å². The summed E-state index contributed by atoms with van der Waals surface area (Å²) < 4.78 is 1.92. The molecule has 12 heavy (non-hydrogen) atoms. The zero-order valence-electron chi connectivity index (χ0n) is 7.69. The lowest BCUT2D eigenvalue weighted by Gasteiger charge is -2.03. The Morgan fingerprint density at radius 3 is 2.75 bits per heavy atom. The number of nitrogens with zero attached hydrogens (tertiary/aromatic N) is 2. The Balaban J connectivity index is 3.03. The topological polar surface area (TPSA) is 29.9 Å². The zero-order valence-corrected chi connectivity index (χ0v) is 8.44. The summed E-state index contributed by atoms with van der Waals surface area (Å²) >= 11 is 6.05. The Morgan fingerprint density at radius 2 is 2.25 bits per heavy atom. The van der Waals surface area contributed by atoms with E-state index in [-0.39, 0.29) is 0 Å². The number of rotatable bonds is 3. The first-order chi connectivity index (χ1) is 5.70. The number of aromatic nitrogens is 2. The summed E-state index contributed by atoms with van der Waals surface area (Å²) in [5.74, 6) is 0. The first-order valence-electron chi connectivity index (χ1n) is 4.07. The molecule has 68 valence electrons. The van der Waals surface area contributed by atoms with Crippen LogP contribution in [0.15, 0.2) is 0 Å². The van der Waals surface area contributed by atoms with Gasteiger partial charge in [-0.25, -0.2) is 0 Å². The second-order valence-corrected chi connectivity index (χ2v) is 3.07. The second kappa shape index (κ2) is 3.92. The highest BCUT2D eigenvalue weighted by Gasteiger charge is 2.10. The quantitative estimate of drug-likeness (QED) is 0.779. The molecule has 0 fully saturated rings. The van der Waals surface area contributed by atoms with Crippen molar-refractivity contribution in [3.05, 3.63) is 16.4 Å². The molecular formula is C8H14ClN3. The van der Waals surface area contributed by atoms with Crippen molar-refractivity contribution in [1.29, 1.82) is 0 Å². The van der Waals surface area contributed by atoms with Gasteiger partial charge in [0, 0.05) is 13.1 Å². The molecule has 0 spiro atoms. The molecule has 1 rings (SSSR count). The maximum Gasteiger partial charge on any atom is 0.0860 e. The fraction of sp³-hybridized carbons (Fsp3) is 0.625. The molecule has 1 aromatic rings. The van der Waals surface area contributed by atoms with Crippen LogP contribution in [-0.4, -0.2) is 16.8 Å². The first kappa shape index (κ1) is 9.55. The van der Waals surface area contributed by atoms with E-state index in [1.807, 2.05) is 18.7 Å². The molecule has 0 saturated heterocycles. The molecule has 0 aliphatic rings. The van der Waals surface area contributed by atoms with Crippen LogP contribution in [0.5, 0.6) is 0 Å². The number of hydrogen-bond acceptors (Lipinski definition) is 2. The molecule has 0 aliphatic heterocycles. The third-order valence-electron chi connectivity index (χ3n) is 1.80. The normalized spacial score (nSPS) is 10.7. The number of aryl methyl sites for hydroxylation is 2. The minimum atomic E-state index is 0.771. The summed E-state index contributed by atoms with van der Waals surface area (Å²) in [5.41, 5.74) is 1.97. The SMILES string of the molecule is CCn1nc(C)c(Cl)c1CNC. The molecule has 0 bridgehead atoms. The molecule has 0 amide bonds. The van der Waals surface area contributed by atoms with Crippen molar-refractivity contribution in [2.45, 2.75) is 26.9 Å². The van der Waals surface area contributed by atoms with Crippen molar-refractivity contribution in [2.75, 3.05) is 7.05 Å². The van der Waals surface area contributed by atoms with Crippen LogP contribution in [0.4, 0.5) is 0 Å². The standard InChI is InChI=1S/C8H14ClN3/c1-4-12-7(5-10-3)8(9)6(2)11-12/h10H,4-5H2,1-3H3. The Morgan fingerprint density at radius 1 is 1.58 bits per heavy atom. The van der Waals surface area contributed by atoms with Gasteiger partial charge >= 0.3 is 0 Å². The molecule has 1 heterocycles. The van der Waals surface area contributed by atoms with Crippen LogP contribution in [0.3, 0.4) is 0 Å². The van der Waals surface area contributed by atoms with E-state index in [0.717, 1.165) is 29.5 Å². The van der Waals surface area contributed by atoms with Gasteiger partial charge in [0.2, 0.25) is 0 Å². The van der Waals surface area contributed by atoms with Crippen LogP contribution in [0.25, 0.3) is 0 Å². The fourth-order valence-corrected chi connectivity index (χ4v) is 1.41. The van der Waals surface area contributed by atoms with Gasteiger partial charge in [0.05, 0.1) is 16.4 Å². The minimum absolute atomic E-state index is 0.771. The van der Waals surface area contributed by atoms with E-state index in [0.29, 0.717) is 0 Å². The monoisotopic (exact) mass is 187 g/mol. The molecule has 1 aromatic heterocycles. The van der Waals surface area contributed by atoms with Crippen LogP contribution < -0.4 is 5.32 Å². The number of halogens is 1. The van der Waals surface area contributed by atoms with Gasteiger partial charge in [0.15, 0.2) is 0 Å². The minimum Gasteiger partial charge on any atom is -0.314 e. The average molecular weight is 188 g/mol. The molecule has 0 saturated carbocycles. The predicted molar refractivity (Wildman–Crippen MR) is 50.4 cm³/mol. The second-order valence-electron chi connectivity index (χ2n) is 2.69. The summed E-state index contributed by atoms with van der Waals surface area (Å²) in [6.07, 6.45) is 0. The maximum atomic E-state index is 6.05. The summed E-state index contributed by atoms with van der Waals surface area (Å²) in [6, 6.07) is 0. The summed E-state index contributed by atoms with van der Waals surface area (Å²) in [5, 5.41) is 8.14. The fourth-order valence-electron chi connectivity index (χ4n) is 1.21. The van der Waals surface area contributed by atoms with Crippen molar-refractivity contribution >= 4 is 11.6 Å². The lowest BCUT2D eigenvalue weighted by molar-refractivity contribution is 0.600. The van der Waals surface area contributed by atoms with Gasteiger partial charge in [0.1, 0.15) is 0 Å². The zero-order chi connectivity index (χ0) is 9.14. The van der Waals surface area contributed by atoms with Gasteiger partial charge in [-0.3, -0.25) is 4.68 Å². The molecule has 0 radical (unpaired) electrons. The van der Waals surface area contributed by atoms with Gasteiger partial charge in [0.25, 0.3) is 0 Å². The van der Waals surface area contributed by atoms with Crippen molar-refractivity contribution in [3.8, 4) is 0 Å². The Hall–Kier alpha value is -0.540. The molecule has 0 atom stereocenters. The van der Waals surface area contributed by atoms with Crippen molar-refractivity contribution in [1.82, 2.24) is 15.1 Å². The third-order valence-corrected chi connectivity index (χ3v) is 2.29. The highest BCUT2D eigenvalue weighted by molar-refractivity contribution is 6.31. The van der Waals surface area contributed by atoms with Gasteiger partial charge in [-0.2, -0.15) is 5.10 Å². The predicted octanol–water partition coefficient (Wildman–Crippen LogP) is 1.58. The Kier molecular flexibility index (Phi) is 3.12. The number of hydrogen-bond donors (Lipinski definition) is 1. The molecule has 0 unspecified atom stereocenters. The molecule has 0 aliphatic carbocycles. The summed E-state index contributed by atoms with van der Waals surface area (Å²) in [7, 11) is 1.90. The van der Waals surface area contributed by atoms with Crippen LogP contribution in [-0.2, 0) is 13.1 Å². The highest BCUT2D eigenvalue weighted by Crippen LogP contribution is 2.19. The van der Waals surface area contributed by atoms with Crippen molar-refractivity contribution in [3.63, 3.8) is 0 Å². The van der Waals surface area contributed by atoms with E-state index in [2.05, 4.69) is 17.3 Å².